The van der Waals surface area contributed by atoms with Crippen LogP contribution in [0.3, 0.4) is 0 Å². The molecule has 9 heteroatoms. The average molecular weight is 329 g/mol. The largest absolute Gasteiger partial charge is 0.481 e. The first-order chi connectivity index (χ1) is 10.4. The Kier molecular flexibility index (Phi) is 7.33. The van der Waals surface area contributed by atoms with Crippen molar-refractivity contribution in [1.29, 1.82) is 0 Å². The van der Waals surface area contributed by atoms with Crippen LogP contribution in [0.15, 0.2) is 35.2 Å². The standard InChI is InChI=1S/C13H19N3O5S/c17-12(18)7-4-8-14-13(19)15-9-10-16-22(20,21)11-5-2-1-3-6-11/h1-3,5-6,16H,4,7-10H2,(H,17,18)(H2,14,15,19). The zero-order valence-electron chi connectivity index (χ0n) is 11.9. The predicted molar refractivity (Wildman–Crippen MR) is 79.9 cm³/mol. The number of carbonyl (C=O) groups is 2. The van der Waals surface area contributed by atoms with E-state index in [4.69, 9.17) is 5.11 Å². The Hall–Kier alpha value is -2.13. The van der Waals surface area contributed by atoms with E-state index in [0.717, 1.165) is 0 Å². The number of benzene rings is 1. The second kappa shape index (κ2) is 9.00. The van der Waals surface area contributed by atoms with Gasteiger partial charge < -0.3 is 15.7 Å². The molecule has 0 aromatic heterocycles. The third-order valence-electron chi connectivity index (χ3n) is 2.61. The molecule has 2 amide bonds. The highest BCUT2D eigenvalue weighted by Gasteiger charge is 2.12. The summed E-state index contributed by atoms with van der Waals surface area (Å²) in [5, 5.41) is 13.4. The van der Waals surface area contributed by atoms with Gasteiger partial charge in [-0.25, -0.2) is 17.9 Å². The van der Waals surface area contributed by atoms with Crippen molar-refractivity contribution < 1.29 is 23.1 Å². The van der Waals surface area contributed by atoms with Gasteiger partial charge in [0.1, 0.15) is 0 Å². The summed E-state index contributed by atoms with van der Waals surface area (Å²) in [5.74, 6) is -0.919. The molecule has 0 heterocycles. The molecule has 0 aliphatic carbocycles. The number of aliphatic carboxylic acids is 1. The van der Waals surface area contributed by atoms with Gasteiger partial charge in [-0.15, -0.1) is 0 Å². The molecule has 0 fully saturated rings. The Labute approximate surface area is 129 Å². The number of rotatable bonds is 9. The fourth-order valence-electron chi connectivity index (χ4n) is 1.55. The summed E-state index contributed by atoms with van der Waals surface area (Å²) in [6, 6.07) is 7.45. The lowest BCUT2D eigenvalue weighted by Crippen LogP contribution is -2.40. The first kappa shape index (κ1) is 17.9. The molecule has 0 unspecified atom stereocenters. The highest BCUT2D eigenvalue weighted by molar-refractivity contribution is 7.89. The number of nitrogens with one attached hydrogen (secondary N) is 3. The summed E-state index contributed by atoms with van der Waals surface area (Å²) in [4.78, 5) is 21.8. The Bertz CT molecular complexity index is 589. The number of urea groups is 1. The maximum atomic E-state index is 11.9. The summed E-state index contributed by atoms with van der Waals surface area (Å²) in [7, 11) is -3.58. The molecule has 1 aromatic rings. The van der Waals surface area contributed by atoms with Gasteiger partial charge in [0.2, 0.25) is 10.0 Å². The summed E-state index contributed by atoms with van der Waals surface area (Å²) in [6.07, 6.45) is 0.320. The van der Waals surface area contributed by atoms with Crippen LogP contribution < -0.4 is 15.4 Å². The van der Waals surface area contributed by atoms with Crippen LogP contribution in [-0.4, -0.2) is 45.2 Å². The molecule has 0 bridgehead atoms. The number of hydrogen-bond donors (Lipinski definition) is 4. The minimum atomic E-state index is -3.58. The van der Waals surface area contributed by atoms with Crippen molar-refractivity contribution in [3.63, 3.8) is 0 Å². The molecule has 0 saturated heterocycles. The molecule has 122 valence electrons. The van der Waals surface area contributed by atoms with E-state index < -0.39 is 22.0 Å². The number of sulfonamides is 1. The van der Waals surface area contributed by atoms with E-state index in [9.17, 15) is 18.0 Å². The van der Waals surface area contributed by atoms with E-state index in [0.29, 0.717) is 6.42 Å². The van der Waals surface area contributed by atoms with Gasteiger partial charge in [-0.05, 0) is 18.6 Å². The van der Waals surface area contributed by atoms with Crippen molar-refractivity contribution in [3.8, 4) is 0 Å². The van der Waals surface area contributed by atoms with E-state index in [1.54, 1.807) is 18.2 Å². The topological polar surface area (TPSA) is 125 Å². The summed E-state index contributed by atoms with van der Waals surface area (Å²) in [5.41, 5.74) is 0. The molecule has 4 N–H and O–H groups in total. The summed E-state index contributed by atoms with van der Waals surface area (Å²) >= 11 is 0. The van der Waals surface area contributed by atoms with Crippen LogP contribution in [0, 0.1) is 0 Å². The molecule has 0 spiro atoms. The SMILES string of the molecule is O=C(O)CCCNC(=O)NCCNS(=O)(=O)c1ccccc1. The van der Waals surface area contributed by atoms with Crippen molar-refractivity contribution in [3.05, 3.63) is 30.3 Å². The number of amides is 2. The Balaban J connectivity index is 2.19. The van der Waals surface area contributed by atoms with Crippen LogP contribution >= 0.6 is 0 Å². The molecule has 8 nitrogen and oxygen atoms in total. The van der Waals surface area contributed by atoms with Gasteiger partial charge >= 0.3 is 12.0 Å². The highest BCUT2D eigenvalue weighted by atomic mass is 32.2. The van der Waals surface area contributed by atoms with Crippen molar-refractivity contribution in [2.24, 2.45) is 0 Å². The van der Waals surface area contributed by atoms with Crippen molar-refractivity contribution >= 4 is 22.0 Å². The number of carboxylic acid groups (broad SMARTS) is 1. The van der Waals surface area contributed by atoms with Gasteiger partial charge in [-0.3, -0.25) is 4.79 Å². The lowest BCUT2D eigenvalue weighted by molar-refractivity contribution is -0.137. The summed E-state index contributed by atoms with van der Waals surface area (Å²) in [6.45, 7) is 0.421. The maximum Gasteiger partial charge on any atom is 0.314 e. The average Bonchev–Trinajstić information content (AvgIpc) is 2.49. The number of hydrogen-bond acceptors (Lipinski definition) is 4. The van der Waals surface area contributed by atoms with Gasteiger partial charge in [-0.2, -0.15) is 0 Å². The van der Waals surface area contributed by atoms with Gasteiger partial charge in [-0.1, -0.05) is 18.2 Å². The Morgan fingerprint density at radius 1 is 1.00 bits per heavy atom. The van der Waals surface area contributed by atoms with Crippen molar-refractivity contribution in [1.82, 2.24) is 15.4 Å². The fourth-order valence-corrected chi connectivity index (χ4v) is 2.60. The third kappa shape index (κ3) is 7.04. The van der Waals surface area contributed by atoms with Crippen molar-refractivity contribution in [2.45, 2.75) is 17.7 Å². The molecule has 22 heavy (non-hydrogen) atoms. The van der Waals surface area contributed by atoms with Crippen LogP contribution in [0.2, 0.25) is 0 Å². The van der Waals surface area contributed by atoms with Gasteiger partial charge in [0.05, 0.1) is 4.90 Å². The third-order valence-corrected chi connectivity index (χ3v) is 4.09. The lowest BCUT2D eigenvalue weighted by Gasteiger charge is -2.09. The van der Waals surface area contributed by atoms with Gasteiger partial charge in [0.25, 0.3) is 0 Å². The summed E-state index contributed by atoms with van der Waals surface area (Å²) < 4.78 is 26.1. The molecular formula is C13H19N3O5S. The van der Waals surface area contributed by atoms with Crippen LogP contribution in [0.25, 0.3) is 0 Å². The normalized spacial score (nSPS) is 10.9. The minimum absolute atomic E-state index is 0.0167. The zero-order chi connectivity index (χ0) is 16.4. The molecule has 1 aromatic carbocycles. The second-order valence-electron chi connectivity index (χ2n) is 4.39. The predicted octanol–water partition coefficient (Wildman–Crippen LogP) is 0.129. The monoisotopic (exact) mass is 329 g/mol. The maximum absolute atomic E-state index is 11.9. The lowest BCUT2D eigenvalue weighted by atomic mass is 10.3. The molecule has 0 aliphatic heterocycles. The minimum Gasteiger partial charge on any atom is -0.481 e. The van der Waals surface area contributed by atoms with E-state index in [-0.39, 0.29) is 31.0 Å². The quantitative estimate of drug-likeness (QED) is 0.479. The second-order valence-corrected chi connectivity index (χ2v) is 6.16. The van der Waals surface area contributed by atoms with Crippen LogP contribution in [0.5, 0.6) is 0 Å². The van der Waals surface area contributed by atoms with Crippen LogP contribution in [-0.2, 0) is 14.8 Å². The molecule has 0 aliphatic rings. The zero-order valence-corrected chi connectivity index (χ0v) is 12.7. The first-order valence-corrected chi connectivity index (χ1v) is 8.18. The van der Waals surface area contributed by atoms with E-state index in [2.05, 4.69) is 15.4 Å². The molecule has 0 atom stereocenters. The molecule has 0 radical (unpaired) electrons. The highest BCUT2D eigenvalue weighted by Crippen LogP contribution is 2.06. The van der Waals surface area contributed by atoms with Gasteiger partial charge in [0.15, 0.2) is 0 Å². The van der Waals surface area contributed by atoms with Gasteiger partial charge in [0, 0.05) is 26.1 Å². The van der Waals surface area contributed by atoms with E-state index in [1.165, 1.54) is 12.1 Å². The number of carbonyl (C=O) groups excluding carboxylic acids is 1. The van der Waals surface area contributed by atoms with E-state index >= 15 is 0 Å². The van der Waals surface area contributed by atoms with E-state index in [1.807, 2.05) is 0 Å². The van der Waals surface area contributed by atoms with Crippen LogP contribution in [0.1, 0.15) is 12.8 Å². The Morgan fingerprint density at radius 2 is 1.64 bits per heavy atom. The van der Waals surface area contributed by atoms with Crippen LogP contribution in [0.4, 0.5) is 4.79 Å². The molecule has 1 rings (SSSR count). The smallest absolute Gasteiger partial charge is 0.314 e. The molecular weight excluding hydrogens is 310 g/mol. The van der Waals surface area contributed by atoms with Crippen molar-refractivity contribution in [2.75, 3.05) is 19.6 Å². The first-order valence-electron chi connectivity index (χ1n) is 6.70. The molecule has 0 saturated carbocycles. The number of carboxylic acids is 1. The Morgan fingerprint density at radius 3 is 2.27 bits per heavy atom. The fraction of sp³-hybridized carbons (Fsp3) is 0.385.